The van der Waals surface area contributed by atoms with Gasteiger partial charge in [0.2, 0.25) is 0 Å². The van der Waals surface area contributed by atoms with Crippen molar-refractivity contribution in [1.29, 1.82) is 0 Å². The second-order valence-corrected chi connectivity index (χ2v) is 4.40. The average Bonchev–Trinajstić information content (AvgIpc) is 2.34. The van der Waals surface area contributed by atoms with Crippen molar-refractivity contribution in [2.75, 3.05) is 13.2 Å². The van der Waals surface area contributed by atoms with Gasteiger partial charge in [-0.15, -0.1) is 0 Å². The Morgan fingerprint density at radius 3 is 2.88 bits per heavy atom. The highest BCUT2D eigenvalue weighted by Crippen LogP contribution is 2.14. The molecule has 0 aliphatic carbocycles. The van der Waals surface area contributed by atoms with Gasteiger partial charge in [-0.3, -0.25) is 0 Å². The second kappa shape index (κ2) is 9.86. The largest absolute Gasteiger partial charge is 0.353 e. The van der Waals surface area contributed by atoms with E-state index in [9.17, 15) is 0 Å². The van der Waals surface area contributed by atoms with E-state index in [1.807, 2.05) is 0 Å². The van der Waals surface area contributed by atoms with Crippen LogP contribution >= 0.6 is 0 Å². The summed E-state index contributed by atoms with van der Waals surface area (Å²) < 4.78 is 11.2. The highest BCUT2D eigenvalue weighted by molar-refractivity contribution is 4.79. The zero-order valence-electron chi connectivity index (χ0n) is 10.6. The van der Waals surface area contributed by atoms with Gasteiger partial charge < -0.3 is 9.47 Å². The molecule has 1 aliphatic rings. The zero-order chi connectivity index (χ0) is 11.5. The first-order chi connectivity index (χ1) is 7.93. The van der Waals surface area contributed by atoms with E-state index in [0.29, 0.717) is 0 Å². The molecule has 1 heterocycles. The van der Waals surface area contributed by atoms with E-state index < -0.39 is 0 Å². The number of allylic oxidation sites excluding steroid dienone is 2. The summed E-state index contributed by atoms with van der Waals surface area (Å²) in [5.74, 6) is 0. The van der Waals surface area contributed by atoms with Crippen LogP contribution in [-0.4, -0.2) is 19.5 Å². The van der Waals surface area contributed by atoms with Crippen molar-refractivity contribution in [2.24, 2.45) is 0 Å². The fraction of sp³-hybridized carbons (Fsp3) is 0.857. The summed E-state index contributed by atoms with van der Waals surface area (Å²) in [4.78, 5) is 0. The van der Waals surface area contributed by atoms with Crippen molar-refractivity contribution in [3.8, 4) is 0 Å². The van der Waals surface area contributed by atoms with E-state index in [1.54, 1.807) is 0 Å². The van der Waals surface area contributed by atoms with Crippen molar-refractivity contribution >= 4 is 0 Å². The van der Waals surface area contributed by atoms with Gasteiger partial charge in [0.25, 0.3) is 0 Å². The van der Waals surface area contributed by atoms with Gasteiger partial charge in [0.15, 0.2) is 6.29 Å². The lowest BCUT2D eigenvalue weighted by molar-refractivity contribution is -0.162. The van der Waals surface area contributed by atoms with Crippen molar-refractivity contribution in [2.45, 2.75) is 64.6 Å². The SMILES string of the molecule is CC/C=C/CCCCCOC1CCCCO1. The molecule has 0 bridgehead atoms. The Morgan fingerprint density at radius 1 is 1.19 bits per heavy atom. The molecule has 0 aromatic carbocycles. The van der Waals surface area contributed by atoms with E-state index >= 15 is 0 Å². The molecule has 0 saturated carbocycles. The van der Waals surface area contributed by atoms with Crippen LogP contribution in [0.25, 0.3) is 0 Å². The molecule has 1 aliphatic heterocycles. The maximum Gasteiger partial charge on any atom is 0.157 e. The number of hydrogen-bond acceptors (Lipinski definition) is 2. The molecule has 16 heavy (non-hydrogen) atoms. The summed E-state index contributed by atoms with van der Waals surface area (Å²) in [6.07, 6.45) is 14.2. The van der Waals surface area contributed by atoms with Gasteiger partial charge in [-0.05, 0) is 44.9 Å². The van der Waals surface area contributed by atoms with Gasteiger partial charge in [0.05, 0.1) is 0 Å². The molecule has 0 N–H and O–H groups in total. The first kappa shape index (κ1) is 13.7. The van der Waals surface area contributed by atoms with Crippen LogP contribution in [0.2, 0.25) is 0 Å². The molecule has 0 aromatic heterocycles. The minimum atomic E-state index is 0.0914. The first-order valence-corrected chi connectivity index (χ1v) is 6.81. The van der Waals surface area contributed by atoms with Crippen LogP contribution in [0, 0.1) is 0 Å². The number of ether oxygens (including phenoxy) is 2. The summed E-state index contributed by atoms with van der Waals surface area (Å²) >= 11 is 0. The van der Waals surface area contributed by atoms with Crippen molar-refractivity contribution in [3.05, 3.63) is 12.2 Å². The van der Waals surface area contributed by atoms with E-state index in [-0.39, 0.29) is 6.29 Å². The Hall–Kier alpha value is -0.340. The van der Waals surface area contributed by atoms with E-state index in [1.165, 1.54) is 38.5 Å². The average molecular weight is 226 g/mol. The van der Waals surface area contributed by atoms with Crippen LogP contribution in [0.5, 0.6) is 0 Å². The molecule has 1 fully saturated rings. The third-order valence-electron chi connectivity index (χ3n) is 2.86. The standard InChI is InChI=1S/C14H26O2/c1-2-3-4-5-6-7-9-12-15-14-11-8-10-13-16-14/h3-4,14H,2,5-13H2,1H3/b4-3+. The lowest BCUT2D eigenvalue weighted by atomic mass is 10.2. The van der Waals surface area contributed by atoms with E-state index in [0.717, 1.165) is 26.1 Å². The maximum atomic E-state index is 5.67. The summed E-state index contributed by atoms with van der Waals surface area (Å²) in [6, 6.07) is 0. The zero-order valence-corrected chi connectivity index (χ0v) is 10.6. The molecule has 0 radical (unpaired) electrons. The predicted molar refractivity (Wildman–Crippen MR) is 67.4 cm³/mol. The molecule has 1 unspecified atom stereocenters. The lowest BCUT2D eigenvalue weighted by Crippen LogP contribution is -2.22. The lowest BCUT2D eigenvalue weighted by Gasteiger charge is -2.22. The molecule has 0 aromatic rings. The van der Waals surface area contributed by atoms with Crippen molar-refractivity contribution in [3.63, 3.8) is 0 Å². The highest BCUT2D eigenvalue weighted by atomic mass is 16.7. The smallest absolute Gasteiger partial charge is 0.157 e. The topological polar surface area (TPSA) is 18.5 Å². The summed E-state index contributed by atoms with van der Waals surface area (Å²) in [5, 5.41) is 0. The quantitative estimate of drug-likeness (QED) is 0.459. The van der Waals surface area contributed by atoms with E-state index in [2.05, 4.69) is 19.1 Å². The number of hydrogen-bond donors (Lipinski definition) is 0. The highest BCUT2D eigenvalue weighted by Gasteiger charge is 2.12. The van der Waals surface area contributed by atoms with Crippen molar-refractivity contribution < 1.29 is 9.47 Å². The molecule has 1 rings (SSSR count). The Labute approximate surface area is 100 Å². The molecule has 1 saturated heterocycles. The molecule has 2 heteroatoms. The first-order valence-electron chi connectivity index (χ1n) is 6.81. The fourth-order valence-corrected chi connectivity index (χ4v) is 1.88. The molecule has 0 spiro atoms. The molecular formula is C14H26O2. The molecule has 0 amide bonds. The van der Waals surface area contributed by atoms with Crippen LogP contribution < -0.4 is 0 Å². The van der Waals surface area contributed by atoms with Gasteiger partial charge in [-0.25, -0.2) is 0 Å². The van der Waals surface area contributed by atoms with Crippen molar-refractivity contribution in [1.82, 2.24) is 0 Å². The predicted octanol–water partition coefficient (Wildman–Crippen LogP) is 4.06. The minimum Gasteiger partial charge on any atom is -0.353 e. The second-order valence-electron chi connectivity index (χ2n) is 4.40. The summed E-state index contributed by atoms with van der Waals surface area (Å²) in [6.45, 7) is 3.92. The third kappa shape index (κ3) is 7.02. The monoisotopic (exact) mass is 226 g/mol. The minimum absolute atomic E-state index is 0.0914. The normalized spacial score (nSPS) is 21.7. The Morgan fingerprint density at radius 2 is 2.12 bits per heavy atom. The molecule has 1 atom stereocenters. The van der Waals surface area contributed by atoms with Crippen LogP contribution in [0.15, 0.2) is 12.2 Å². The van der Waals surface area contributed by atoms with E-state index in [4.69, 9.17) is 9.47 Å². The molecular weight excluding hydrogens is 200 g/mol. The maximum absolute atomic E-state index is 5.67. The fourth-order valence-electron chi connectivity index (χ4n) is 1.88. The van der Waals surface area contributed by atoms with Crippen LogP contribution in [-0.2, 0) is 9.47 Å². The summed E-state index contributed by atoms with van der Waals surface area (Å²) in [5.41, 5.74) is 0. The Balaban J connectivity index is 1.82. The molecule has 94 valence electrons. The van der Waals surface area contributed by atoms with Gasteiger partial charge in [-0.1, -0.05) is 25.5 Å². The molecule has 2 nitrogen and oxygen atoms in total. The Kier molecular flexibility index (Phi) is 8.45. The van der Waals surface area contributed by atoms with Gasteiger partial charge >= 0.3 is 0 Å². The van der Waals surface area contributed by atoms with Gasteiger partial charge in [0, 0.05) is 13.2 Å². The van der Waals surface area contributed by atoms with Crippen LogP contribution in [0.4, 0.5) is 0 Å². The number of rotatable bonds is 8. The number of unbranched alkanes of at least 4 members (excludes halogenated alkanes) is 3. The van der Waals surface area contributed by atoms with Gasteiger partial charge in [0.1, 0.15) is 0 Å². The van der Waals surface area contributed by atoms with Gasteiger partial charge in [-0.2, -0.15) is 0 Å². The van der Waals surface area contributed by atoms with Crippen LogP contribution in [0.1, 0.15) is 58.3 Å². The third-order valence-corrected chi connectivity index (χ3v) is 2.86. The van der Waals surface area contributed by atoms with Crippen LogP contribution in [0.3, 0.4) is 0 Å². The Bertz CT molecular complexity index is 172. The summed E-state index contributed by atoms with van der Waals surface area (Å²) in [7, 11) is 0.